The largest absolute Gasteiger partial charge is 0.382 e. The molecule has 2 atom stereocenters. The standard InChI is InChI=1S/C26H24ClF2N7O/c1-24(2)13-8-9-26(24,19-12(13)10-17(33-34-19)18-15(28)6-5-7-16(18)29)20-14(27)11-30-21(31-20)22-32-23(36-35-22)25(3,4)37/h5-7,10-11,13,37H,8-9H2,1-4H3,(H,32,35,36)/t13-,26+/m0/s1. The molecule has 0 spiro atoms. The molecule has 0 aliphatic heterocycles. The van der Waals surface area contributed by atoms with Crippen LogP contribution >= 0.6 is 11.6 Å². The molecule has 0 unspecified atom stereocenters. The molecule has 4 aromatic rings. The fraction of sp³-hybridized carbons (Fsp3) is 0.385. The Balaban J connectivity index is 1.51. The van der Waals surface area contributed by atoms with Crippen LogP contribution in [-0.4, -0.2) is 40.5 Å². The second kappa shape index (κ2) is 7.82. The zero-order valence-corrected chi connectivity index (χ0v) is 21.4. The third-order valence-electron chi connectivity index (χ3n) is 8.03. The summed E-state index contributed by atoms with van der Waals surface area (Å²) in [6.45, 7) is 7.46. The van der Waals surface area contributed by atoms with Gasteiger partial charge in [-0.25, -0.2) is 18.7 Å². The van der Waals surface area contributed by atoms with Crippen molar-refractivity contribution in [3.8, 4) is 22.9 Å². The van der Waals surface area contributed by atoms with Crippen LogP contribution in [0.15, 0.2) is 30.5 Å². The maximum absolute atomic E-state index is 14.5. The molecule has 1 fully saturated rings. The van der Waals surface area contributed by atoms with Crippen LogP contribution in [0.4, 0.5) is 8.78 Å². The molecule has 3 aromatic heterocycles. The third-order valence-corrected chi connectivity index (χ3v) is 8.30. The quantitative estimate of drug-likeness (QED) is 0.383. The van der Waals surface area contributed by atoms with Crippen LogP contribution in [0, 0.1) is 17.0 Å². The Kier molecular flexibility index (Phi) is 5.07. The van der Waals surface area contributed by atoms with Crippen LogP contribution in [0.25, 0.3) is 22.9 Å². The molecule has 8 nitrogen and oxygen atoms in total. The summed E-state index contributed by atoms with van der Waals surface area (Å²) < 4.78 is 29.1. The molecule has 190 valence electrons. The number of aromatic amines is 1. The average molecular weight is 524 g/mol. The lowest BCUT2D eigenvalue weighted by atomic mass is 9.66. The van der Waals surface area contributed by atoms with Crippen molar-refractivity contribution in [3.63, 3.8) is 0 Å². The number of aliphatic hydroxyl groups is 1. The number of nitrogens with zero attached hydrogens (tertiary/aromatic N) is 6. The SMILES string of the molecule is CC(C)(O)c1nnc(-c2ncc(Cl)c([C@@]34CC[C@@H](c5cc(-c6c(F)cccc6F)nnc53)C4(C)C)n2)[nH]1. The monoisotopic (exact) mass is 523 g/mol. The van der Waals surface area contributed by atoms with E-state index < -0.39 is 22.7 Å². The Morgan fingerprint density at radius 1 is 1.08 bits per heavy atom. The van der Waals surface area contributed by atoms with E-state index >= 15 is 0 Å². The van der Waals surface area contributed by atoms with Crippen molar-refractivity contribution >= 4 is 11.6 Å². The highest BCUT2D eigenvalue weighted by molar-refractivity contribution is 6.31. The minimum absolute atomic E-state index is 0.0631. The van der Waals surface area contributed by atoms with Gasteiger partial charge in [0.2, 0.25) is 0 Å². The van der Waals surface area contributed by atoms with Gasteiger partial charge in [-0.1, -0.05) is 31.5 Å². The number of halogens is 3. The summed E-state index contributed by atoms with van der Waals surface area (Å²) in [4.78, 5) is 12.2. The first-order valence-electron chi connectivity index (χ1n) is 12.0. The van der Waals surface area contributed by atoms with E-state index in [1.54, 1.807) is 19.9 Å². The molecule has 37 heavy (non-hydrogen) atoms. The van der Waals surface area contributed by atoms with Crippen molar-refractivity contribution in [2.45, 2.75) is 57.5 Å². The van der Waals surface area contributed by atoms with Gasteiger partial charge in [0.1, 0.15) is 17.2 Å². The number of benzene rings is 1. The van der Waals surface area contributed by atoms with Crippen molar-refractivity contribution < 1.29 is 13.9 Å². The first kappa shape index (κ1) is 24.0. The summed E-state index contributed by atoms with van der Waals surface area (Å²) in [5.41, 5.74) is -0.128. The molecule has 1 aromatic carbocycles. The van der Waals surface area contributed by atoms with E-state index in [1.807, 2.05) is 0 Å². The van der Waals surface area contributed by atoms with Gasteiger partial charge < -0.3 is 10.1 Å². The first-order chi connectivity index (χ1) is 17.4. The zero-order chi connectivity index (χ0) is 26.3. The van der Waals surface area contributed by atoms with Crippen molar-refractivity contribution in [3.05, 3.63) is 69.9 Å². The average Bonchev–Trinajstić information content (AvgIpc) is 3.48. The molecule has 0 amide bonds. The summed E-state index contributed by atoms with van der Waals surface area (Å²) in [6, 6.07) is 5.49. The summed E-state index contributed by atoms with van der Waals surface area (Å²) in [5.74, 6) is -0.448. The number of fused-ring (bicyclic) bond motifs is 5. The summed E-state index contributed by atoms with van der Waals surface area (Å²) in [7, 11) is 0. The van der Waals surface area contributed by atoms with Gasteiger partial charge in [-0.3, -0.25) is 0 Å². The molecular weight excluding hydrogens is 500 g/mol. The van der Waals surface area contributed by atoms with Crippen molar-refractivity contribution in [1.29, 1.82) is 0 Å². The predicted octanol–water partition coefficient (Wildman–Crippen LogP) is 5.08. The minimum Gasteiger partial charge on any atom is -0.382 e. The van der Waals surface area contributed by atoms with Crippen LogP contribution in [0.2, 0.25) is 5.02 Å². The van der Waals surface area contributed by atoms with Gasteiger partial charge in [-0.05, 0) is 61.8 Å². The van der Waals surface area contributed by atoms with Crippen molar-refractivity contribution in [2.24, 2.45) is 5.41 Å². The van der Waals surface area contributed by atoms with Crippen molar-refractivity contribution in [1.82, 2.24) is 35.3 Å². The molecular formula is C26H24ClF2N7O. The Labute approximate surface area is 216 Å². The van der Waals surface area contributed by atoms with Gasteiger partial charge in [0.15, 0.2) is 17.5 Å². The molecule has 2 aliphatic rings. The topological polar surface area (TPSA) is 113 Å². The first-order valence-corrected chi connectivity index (χ1v) is 12.3. The van der Waals surface area contributed by atoms with Gasteiger partial charge in [-0.2, -0.15) is 5.10 Å². The van der Waals surface area contributed by atoms with Gasteiger partial charge in [0, 0.05) is 0 Å². The molecule has 3 heterocycles. The molecule has 0 saturated heterocycles. The molecule has 2 aliphatic carbocycles. The van der Waals surface area contributed by atoms with E-state index in [1.165, 1.54) is 24.4 Å². The van der Waals surface area contributed by atoms with Gasteiger partial charge in [0.05, 0.1) is 39.3 Å². The van der Waals surface area contributed by atoms with Gasteiger partial charge in [-0.15, -0.1) is 15.3 Å². The number of nitrogens with one attached hydrogen (secondary N) is 1. The molecule has 2 bridgehead atoms. The minimum atomic E-state index is -1.21. The van der Waals surface area contributed by atoms with E-state index in [2.05, 4.69) is 44.2 Å². The van der Waals surface area contributed by atoms with Crippen LogP contribution in [0.1, 0.15) is 69.2 Å². The van der Waals surface area contributed by atoms with Crippen molar-refractivity contribution in [2.75, 3.05) is 0 Å². The Morgan fingerprint density at radius 2 is 1.81 bits per heavy atom. The Morgan fingerprint density at radius 3 is 2.49 bits per heavy atom. The zero-order valence-electron chi connectivity index (χ0n) is 20.6. The normalized spacial score (nSPS) is 21.9. The third kappa shape index (κ3) is 3.28. The van der Waals surface area contributed by atoms with E-state index in [-0.39, 0.29) is 34.2 Å². The van der Waals surface area contributed by atoms with E-state index in [0.717, 1.165) is 18.4 Å². The fourth-order valence-electron chi connectivity index (χ4n) is 6.13. The Bertz CT molecular complexity index is 1540. The predicted molar refractivity (Wildman–Crippen MR) is 132 cm³/mol. The lowest BCUT2D eigenvalue weighted by Gasteiger charge is -2.37. The molecule has 6 rings (SSSR count). The van der Waals surface area contributed by atoms with Crippen LogP contribution < -0.4 is 0 Å². The maximum atomic E-state index is 14.5. The number of hydrogen-bond acceptors (Lipinski definition) is 7. The molecule has 1 saturated carbocycles. The number of hydrogen-bond donors (Lipinski definition) is 2. The van der Waals surface area contributed by atoms with E-state index in [9.17, 15) is 13.9 Å². The molecule has 2 N–H and O–H groups in total. The maximum Gasteiger partial charge on any atom is 0.199 e. The second-order valence-corrected chi connectivity index (χ2v) is 11.2. The highest BCUT2D eigenvalue weighted by atomic mass is 35.5. The lowest BCUT2D eigenvalue weighted by molar-refractivity contribution is 0.0692. The van der Waals surface area contributed by atoms with E-state index in [4.69, 9.17) is 16.6 Å². The van der Waals surface area contributed by atoms with Gasteiger partial charge >= 0.3 is 0 Å². The smallest absolute Gasteiger partial charge is 0.199 e. The molecule has 11 heteroatoms. The highest BCUT2D eigenvalue weighted by Crippen LogP contribution is 2.70. The fourth-order valence-corrected chi connectivity index (χ4v) is 6.38. The van der Waals surface area contributed by atoms with E-state index in [0.29, 0.717) is 22.2 Å². The Hall–Kier alpha value is -3.37. The number of H-pyrrole nitrogens is 1. The van der Waals surface area contributed by atoms with Crippen LogP contribution in [-0.2, 0) is 11.0 Å². The van der Waals surface area contributed by atoms with Crippen LogP contribution in [0.3, 0.4) is 0 Å². The molecule has 0 radical (unpaired) electrons. The number of aromatic nitrogens is 7. The number of rotatable bonds is 4. The summed E-state index contributed by atoms with van der Waals surface area (Å²) >= 11 is 6.73. The van der Waals surface area contributed by atoms with Crippen LogP contribution in [0.5, 0.6) is 0 Å². The highest BCUT2D eigenvalue weighted by Gasteiger charge is 2.65. The summed E-state index contributed by atoms with van der Waals surface area (Å²) in [6.07, 6.45) is 3.07. The summed E-state index contributed by atoms with van der Waals surface area (Å²) in [5, 5.41) is 27.6. The lowest BCUT2D eigenvalue weighted by Crippen LogP contribution is -2.38. The van der Waals surface area contributed by atoms with Gasteiger partial charge in [0.25, 0.3) is 0 Å². The second-order valence-electron chi connectivity index (χ2n) is 10.8.